The summed E-state index contributed by atoms with van der Waals surface area (Å²) in [6, 6.07) is 17.7. The lowest BCUT2D eigenvalue weighted by molar-refractivity contribution is 0.0951. The smallest absolute Gasteiger partial charge is 0.251 e. The van der Waals surface area contributed by atoms with Gasteiger partial charge in [0.15, 0.2) is 0 Å². The molecule has 0 fully saturated rings. The van der Waals surface area contributed by atoms with Gasteiger partial charge in [-0.1, -0.05) is 12.1 Å². The van der Waals surface area contributed by atoms with Crippen molar-refractivity contribution in [1.29, 1.82) is 0 Å². The van der Waals surface area contributed by atoms with E-state index in [0.717, 1.165) is 43.7 Å². The summed E-state index contributed by atoms with van der Waals surface area (Å²) in [7, 11) is 1.60. The maximum absolute atomic E-state index is 12.7. The molecule has 36 heavy (non-hydrogen) atoms. The molecule has 9 heteroatoms. The third kappa shape index (κ3) is 4.25. The van der Waals surface area contributed by atoms with E-state index in [4.69, 9.17) is 4.74 Å². The van der Waals surface area contributed by atoms with Crippen molar-refractivity contribution < 1.29 is 9.53 Å². The van der Waals surface area contributed by atoms with Crippen LogP contribution in [0.5, 0.6) is 5.88 Å². The second-order valence-corrected chi connectivity index (χ2v) is 9.23. The number of methoxy groups -OCH3 is 1. The highest BCUT2D eigenvalue weighted by molar-refractivity contribution is 8.00. The molecule has 8 nitrogen and oxygen atoms in total. The minimum atomic E-state index is -0.129. The van der Waals surface area contributed by atoms with Crippen molar-refractivity contribution in [3.63, 3.8) is 0 Å². The fraction of sp³-hybridized carbons (Fsp3) is 0.111. The van der Waals surface area contributed by atoms with Crippen LogP contribution in [0.3, 0.4) is 0 Å². The van der Waals surface area contributed by atoms with E-state index < -0.39 is 0 Å². The lowest BCUT2D eigenvalue weighted by Gasteiger charge is -2.13. The molecule has 0 saturated heterocycles. The molecule has 0 unspecified atom stereocenters. The molecule has 6 rings (SSSR count). The van der Waals surface area contributed by atoms with E-state index in [1.165, 1.54) is 11.9 Å². The third-order valence-electron chi connectivity index (χ3n) is 6.07. The van der Waals surface area contributed by atoms with Gasteiger partial charge in [0.1, 0.15) is 5.69 Å². The van der Waals surface area contributed by atoms with Gasteiger partial charge in [-0.15, -0.1) is 0 Å². The first-order valence-electron chi connectivity index (χ1n) is 11.4. The van der Waals surface area contributed by atoms with Gasteiger partial charge < -0.3 is 14.8 Å². The highest BCUT2D eigenvalue weighted by Gasteiger charge is 2.13. The lowest BCUT2D eigenvalue weighted by Crippen LogP contribution is -2.27. The molecule has 2 N–H and O–H groups in total. The fourth-order valence-corrected chi connectivity index (χ4v) is 4.96. The fourth-order valence-electron chi connectivity index (χ4n) is 4.25. The Morgan fingerprint density at radius 1 is 0.972 bits per heavy atom. The molecule has 8 bridgehead atoms. The predicted molar refractivity (Wildman–Crippen MR) is 141 cm³/mol. The molecule has 3 aromatic heterocycles. The van der Waals surface area contributed by atoms with Crippen molar-refractivity contribution in [2.45, 2.75) is 11.4 Å². The number of fused-ring (bicyclic) bond motifs is 9. The molecule has 0 saturated carbocycles. The monoisotopic (exact) mass is 494 g/mol. The zero-order chi connectivity index (χ0) is 24.5. The van der Waals surface area contributed by atoms with E-state index in [1.807, 2.05) is 65.7 Å². The first-order chi connectivity index (χ1) is 17.7. The standard InChI is InChI=1S/C27H22N6O2S/c1-35-27-25-13-19(14-30-27)17-5-6-24-23(12-17)22(7-8-28-24)20-15-31-33(16-20)10-9-29-26(34)18-3-2-4-21(11-18)36-32-25/h2-8,11-16,32H,9-10H2,1H3,(H,29,34). The van der Waals surface area contributed by atoms with Crippen molar-refractivity contribution in [2.24, 2.45) is 0 Å². The van der Waals surface area contributed by atoms with Crippen molar-refractivity contribution in [1.82, 2.24) is 25.1 Å². The average molecular weight is 495 g/mol. The quantitative estimate of drug-likeness (QED) is 0.316. The summed E-state index contributed by atoms with van der Waals surface area (Å²) in [6.07, 6.45) is 7.46. The molecule has 0 aliphatic carbocycles. The van der Waals surface area contributed by atoms with Crippen LogP contribution in [-0.4, -0.2) is 39.3 Å². The van der Waals surface area contributed by atoms with Crippen LogP contribution in [0, 0.1) is 0 Å². The summed E-state index contributed by atoms with van der Waals surface area (Å²) in [6.45, 7) is 1.03. The van der Waals surface area contributed by atoms with Gasteiger partial charge >= 0.3 is 0 Å². The molecule has 1 aliphatic rings. The molecule has 0 atom stereocenters. The molecule has 178 valence electrons. The second-order valence-electron chi connectivity index (χ2n) is 8.35. The number of benzene rings is 2. The molecule has 5 aromatic rings. The molecular weight excluding hydrogens is 472 g/mol. The third-order valence-corrected chi connectivity index (χ3v) is 6.88. The van der Waals surface area contributed by atoms with Crippen LogP contribution in [-0.2, 0) is 6.54 Å². The van der Waals surface area contributed by atoms with Crippen LogP contribution < -0.4 is 14.8 Å². The Bertz CT molecular complexity index is 1600. The van der Waals surface area contributed by atoms with Gasteiger partial charge in [0.05, 0.1) is 25.4 Å². The highest BCUT2D eigenvalue weighted by atomic mass is 32.2. The van der Waals surface area contributed by atoms with Crippen molar-refractivity contribution in [3.05, 3.63) is 84.9 Å². The zero-order valence-corrected chi connectivity index (χ0v) is 20.2. The molecular formula is C27H22N6O2S. The Morgan fingerprint density at radius 3 is 2.83 bits per heavy atom. The molecule has 0 radical (unpaired) electrons. The maximum Gasteiger partial charge on any atom is 0.251 e. The number of aromatic nitrogens is 4. The normalized spacial score (nSPS) is 13.3. The first-order valence-corrected chi connectivity index (χ1v) is 12.3. The zero-order valence-electron chi connectivity index (χ0n) is 19.4. The van der Waals surface area contributed by atoms with Gasteiger partial charge in [-0.05, 0) is 65.5 Å². The van der Waals surface area contributed by atoms with E-state index >= 15 is 0 Å². The van der Waals surface area contributed by atoms with Crippen LogP contribution in [0.25, 0.3) is 33.2 Å². The number of nitrogens with one attached hydrogen (secondary N) is 2. The van der Waals surface area contributed by atoms with E-state index in [0.29, 0.717) is 24.5 Å². The Morgan fingerprint density at radius 2 is 1.92 bits per heavy atom. The summed E-state index contributed by atoms with van der Waals surface area (Å²) in [4.78, 5) is 22.7. The van der Waals surface area contributed by atoms with Gasteiger partial charge in [-0.25, -0.2) is 4.98 Å². The number of rotatable bonds is 1. The average Bonchev–Trinajstić information content (AvgIpc) is 3.39. The second kappa shape index (κ2) is 9.35. The Hall–Kier alpha value is -4.37. The van der Waals surface area contributed by atoms with Crippen molar-refractivity contribution in [2.75, 3.05) is 18.4 Å². The number of carbonyl (C=O) groups excluding carboxylic acids is 1. The van der Waals surface area contributed by atoms with Gasteiger partial charge in [-0.3, -0.25) is 14.5 Å². The number of anilines is 1. The number of pyridine rings is 2. The Kier molecular flexibility index (Phi) is 5.74. The Balaban J connectivity index is 1.49. The van der Waals surface area contributed by atoms with Gasteiger partial charge in [0.2, 0.25) is 5.88 Å². The van der Waals surface area contributed by atoms with Gasteiger partial charge in [-0.2, -0.15) is 5.10 Å². The molecule has 0 spiro atoms. The predicted octanol–water partition coefficient (Wildman–Crippen LogP) is 5.03. The molecule has 2 aromatic carbocycles. The Labute approximate surface area is 211 Å². The molecule has 1 amide bonds. The van der Waals surface area contributed by atoms with Crippen molar-refractivity contribution >= 4 is 34.4 Å². The van der Waals surface area contributed by atoms with E-state index in [2.05, 4.69) is 31.2 Å². The van der Waals surface area contributed by atoms with Gasteiger partial charge in [0.25, 0.3) is 5.91 Å². The van der Waals surface area contributed by atoms with Crippen LogP contribution in [0.1, 0.15) is 10.4 Å². The summed E-state index contributed by atoms with van der Waals surface area (Å²) in [5, 5.41) is 8.52. The van der Waals surface area contributed by atoms with Crippen LogP contribution in [0.15, 0.2) is 84.3 Å². The minimum absolute atomic E-state index is 0.129. The van der Waals surface area contributed by atoms with E-state index in [-0.39, 0.29) is 5.91 Å². The van der Waals surface area contributed by atoms with Gasteiger partial charge in [0, 0.05) is 52.1 Å². The number of carbonyl (C=O) groups is 1. The lowest BCUT2D eigenvalue weighted by atomic mass is 9.99. The number of amides is 1. The number of nitrogens with zero attached hydrogens (tertiary/aromatic N) is 4. The van der Waals surface area contributed by atoms with Crippen molar-refractivity contribution in [3.8, 4) is 28.1 Å². The number of hydrogen-bond donors (Lipinski definition) is 2. The van der Waals surface area contributed by atoms with Crippen LogP contribution >= 0.6 is 11.9 Å². The first kappa shape index (κ1) is 22.1. The highest BCUT2D eigenvalue weighted by Crippen LogP contribution is 2.35. The van der Waals surface area contributed by atoms with Crippen LogP contribution in [0.2, 0.25) is 0 Å². The molecule has 1 aliphatic heterocycles. The SMILES string of the molecule is COc1ncc2cc1NSc1cccc(c1)C(=O)NCCn1cc(cn1)-c1ccnc3ccc-2cc13. The summed E-state index contributed by atoms with van der Waals surface area (Å²) < 4.78 is 10.7. The van der Waals surface area contributed by atoms with E-state index in [9.17, 15) is 4.79 Å². The van der Waals surface area contributed by atoms with E-state index in [1.54, 1.807) is 19.4 Å². The van der Waals surface area contributed by atoms with Crippen LogP contribution in [0.4, 0.5) is 5.69 Å². The number of ether oxygens (including phenoxy) is 1. The summed E-state index contributed by atoms with van der Waals surface area (Å²) in [5.74, 6) is 0.359. The number of hydrogen-bond acceptors (Lipinski definition) is 7. The summed E-state index contributed by atoms with van der Waals surface area (Å²) in [5.41, 5.74) is 6.22. The largest absolute Gasteiger partial charge is 0.480 e. The maximum atomic E-state index is 12.7. The molecule has 4 heterocycles. The topological polar surface area (TPSA) is 94.0 Å². The summed E-state index contributed by atoms with van der Waals surface area (Å²) >= 11 is 1.40. The minimum Gasteiger partial charge on any atom is -0.480 e.